The van der Waals surface area contributed by atoms with E-state index in [9.17, 15) is 21.6 Å². The van der Waals surface area contributed by atoms with Gasteiger partial charge in [0, 0.05) is 20.5 Å². The largest absolute Gasteiger partial charge is 0.379 e. The number of ketones is 1. The van der Waals surface area contributed by atoms with Crippen molar-refractivity contribution in [1.82, 2.24) is 4.90 Å². The van der Waals surface area contributed by atoms with Crippen molar-refractivity contribution in [2.75, 3.05) is 14.1 Å². The maximum atomic E-state index is 12.6. The molecule has 0 atom stereocenters. The van der Waals surface area contributed by atoms with E-state index in [2.05, 4.69) is 0 Å². The van der Waals surface area contributed by atoms with E-state index in [1.165, 1.54) is 41.3 Å². The van der Waals surface area contributed by atoms with Gasteiger partial charge in [0.05, 0.1) is 16.0 Å². The molecule has 29 heavy (non-hydrogen) atoms. The standard InChI is InChI=1S/C20H23NO6S2/c1-5-20(22)19(21(3)4)14-28(23,24)17-12-8-16(9-13-17)27-29(25,26)18-10-6-15(2)7-11-18/h6-14H,5H2,1-4H3. The van der Waals surface area contributed by atoms with Crippen LogP contribution in [0.3, 0.4) is 0 Å². The predicted octanol–water partition coefficient (Wildman–Crippen LogP) is 2.92. The quantitative estimate of drug-likeness (QED) is 0.463. The highest BCUT2D eigenvalue weighted by atomic mass is 32.2. The second-order valence-corrected chi connectivity index (χ2v) is 9.88. The van der Waals surface area contributed by atoms with E-state index < -0.39 is 20.0 Å². The molecule has 2 aromatic carbocycles. The van der Waals surface area contributed by atoms with Crippen molar-refractivity contribution in [2.45, 2.75) is 30.1 Å². The molecule has 0 bridgehead atoms. The molecule has 156 valence electrons. The Morgan fingerprint density at radius 2 is 1.45 bits per heavy atom. The number of hydrogen-bond donors (Lipinski definition) is 0. The van der Waals surface area contributed by atoms with Crippen molar-refractivity contribution in [3.8, 4) is 5.75 Å². The van der Waals surface area contributed by atoms with Gasteiger partial charge in [0.2, 0.25) is 9.84 Å². The highest BCUT2D eigenvalue weighted by Crippen LogP contribution is 2.23. The Balaban J connectivity index is 2.29. The van der Waals surface area contributed by atoms with Gasteiger partial charge in [-0.05, 0) is 43.3 Å². The van der Waals surface area contributed by atoms with Gasteiger partial charge in [-0.25, -0.2) is 8.42 Å². The number of hydrogen-bond acceptors (Lipinski definition) is 7. The summed E-state index contributed by atoms with van der Waals surface area (Å²) in [6.07, 6.45) is 0.170. The van der Waals surface area contributed by atoms with E-state index in [4.69, 9.17) is 4.18 Å². The minimum Gasteiger partial charge on any atom is -0.379 e. The van der Waals surface area contributed by atoms with Crippen LogP contribution >= 0.6 is 0 Å². The molecule has 0 spiro atoms. The fourth-order valence-corrected chi connectivity index (χ4v) is 4.60. The van der Waals surface area contributed by atoms with Crippen molar-refractivity contribution >= 4 is 25.7 Å². The summed E-state index contributed by atoms with van der Waals surface area (Å²) >= 11 is 0. The van der Waals surface area contributed by atoms with Gasteiger partial charge >= 0.3 is 10.1 Å². The molecule has 0 aromatic heterocycles. The molecule has 0 heterocycles. The SMILES string of the molecule is CCC(=O)C(=CS(=O)(=O)c1ccc(OS(=O)(=O)c2ccc(C)cc2)cc1)N(C)C. The van der Waals surface area contributed by atoms with Crippen LogP contribution < -0.4 is 4.18 Å². The van der Waals surface area contributed by atoms with Crippen molar-refractivity contribution in [1.29, 1.82) is 0 Å². The molecule has 2 aromatic rings. The van der Waals surface area contributed by atoms with Gasteiger partial charge in [-0.3, -0.25) is 4.79 Å². The van der Waals surface area contributed by atoms with E-state index >= 15 is 0 Å². The lowest BCUT2D eigenvalue weighted by Crippen LogP contribution is -2.20. The van der Waals surface area contributed by atoms with E-state index in [1.54, 1.807) is 33.2 Å². The van der Waals surface area contributed by atoms with Gasteiger partial charge < -0.3 is 9.08 Å². The molecule has 0 radical (unpaired) electrons. The number of sulfone groups is 1. The molecule has 9 heteroatoms. The summed E-state index contributed by atoms with van der Waals surface area (Å²) < 4.78 is 54.9. The van der Waals surface area contributed by atoms with Crippen molar-refractivity contribution in [3.05, 3.63) is 65.2 Å². The van der Waals surface area contributed by atoms with E-state index in [0.717, 1.165) is 11.0 Å². The molecule has 2 rings (SSSR count). The number of allylic oxidation sites excluding steroid dienone is 1. The molecule has 0 aliphatic carbocycles. The first-order chi connectivity index (χ1) is 13.5. The van der Waals surface area contributed by atoms with Crippen molar-refractivity contribution < 1.29 is 25.8 Å². The third-order valence-electron chi connectivity index (χ3n) is 4.02. The van der Waals surface area contributed by atoms with Crippen LogP contribution in [0.2, 0.25) is 0 Å². The second-order valence-electron chi connectivity index (χ2n) is 6.54. The highest BCUT2D eigenvalue weighted by Gasteiger charge is 2.20. The van der Waals surface area contributed by atoms with Gasteiger partial charge in [0.1, 0.15) is 10.6 Å². The highest BCUT2D eigenvalue weighted by molar-refractivity contribution is 7.94. The maximum absolute atomic E-state index is 12.6. The number of carbonyl (C=O) groups is 1. The second kappa shape index (κ2) is 8.79. The molecule has 0 saturated heterocycles. The predicted molar refractivity (Wildman–Crippen MR) is 110 cm³/mol. The van der Waals surface area contributed by atoms with Crippen LogP contribution in [0.25, 0.3) is 0 Å². The first-order valence-electron chi connectivity index (χ1n) is 8.75. The summed E-state index contributed by atoms with van der Waals surface area (Å²) in [7, 11) is -4.77. The van der Waals surface area contributed by atoms with Gasteiger partial charge in [0.25, 0.3) is 0 Å². The Bertz CT molecular complexity index is 1110. The lowest BCUT2D eigenvalue weighted by molar-refractivity contribution is -0.116. The minimum atomic E-state index is -4.04. The summed E-state index contributed by atoms with van der Waals surface area (Å²) in [6.45, 7) is 3.48. The third kappa shape index (κ3) is 5.68. The molecular formula is C20H23NO6S2. The van der Waals surface area contributed by atoms with Crippen LogP contribution in [0.15, 0.2) is 69.4 Å². The van der Waals surface area contributed by atoms with Crippen LogP contribution in [0.5, 0.6) is 5.75 Å². The van der Waals surface area contributed by atoms with Crippen LogP contribution in [0, 0.1) is 6.92 Å². The summed E-state index contributed by atoms with van der Waals surface area (Å²) in [5.74, 6) is -0.325. The Morgan fingerprint density at radius 3 is 1.93 bits per heavy atom. The first kappa shape index (κ1) is 22.6. The molecule has 0 saturated carbocycles. The fourth-order valence-electron chi connectivity index (χ4n) is 2.38. The van der Waals surface area contributed by atoms with Crippen LogP contribution in [0.4, 0.5) is 0 Å². The van der Waals surface area contributed by atoms with Crippen molar-refractivity contribution in [3.63, 3.8) is 0 Å². The first-order valence-corrected chi connectivity index (χ1v) is 11.7. The van der Waals surface area contributed by atoms with Gasteiger partial charge in [-0.15, -0.1) is 0 Å². The zero-order chi connectivity index (χ0) is 21.8. The molecule has 0 aliphatic rings. The summed E-state index contributed by atoms with van der Waals surface area (Å²) in [5, 5.41) is 0.914. The molecule has 0 unspecified atom stereocenters. The Morgan fingerprint density at radius 1 is 0.931 bits per heavy atom. The average Bonchev–Trinajstić information content (AvgIpc) is 2.66. The normalized spacial score (nSPS) is 12.5. The smallest absolute Gasteiger partial charge is 0.339 e. The number of carbonyl (C=O) groups excluding carboxylic acids is 1. The zero-order valence-corrected chi connectivity index (χ0v) is 18.2. The van der Waals surface area contributed by atoms with Gasteiger partial charge in [-0.1, -0.05) is 24.6 Å². The minimum absolute atomic E-state index is 0.00330. The third-order valence-corrected chi connectivity index (χ3v) is 6.75. The zero-order valence-electron chi connectivity index (χ0n) is 16.6. The van der Waals surface area contributed by atoms with E-state index in [-0.39, 0.29) is 33.4 Å². The number of benzene rings is 2. The topological polar surface area (TPSA) is 97.8 Å². The number of likely N-dealkylation sites (N-methyl/N-ethyl adjacent to an activating group) is 1. The molecule has 0 fully saturated rings. The number of nitrogens with zero attached hydrogens (tertiary/aromatic N) is 1. The fraction of sp³-hybridized carbons (Fsp3) is 0.250. The molecular weight excluding hydrogens is 414 g/mol. The molecule has 0 N–H and O–H groups in total. The molecule has 7 nitrogen and oxygen atoms in total. The Kier molecular flexibility index (Phi) is 6.86. The lowest BCUT2D eigenvalue weighted by atomic mass is 10.2. The average molecular weight is 438 g/mol. The number of rotatable bonds is 8. The Hall–Kier alpha value is -2.65. The van der Waals surface area contributed by atoms with E-state index in [0.29, 0.717) is 0 Å². The molecule has 0 aliphatic heterocycles. The lowest BCUT2D eigenvalue weighted by Gasteiger charge is -2.15. The Labute approximate surface area is 171 Å². The summed E-state index contributed by atoms with van der Waals surface area (Å²) in [5.41, 5.74) is 0.972. The van der Waals surface area contributed by atoms with E-state index in [1.807, 2.05) is 6.92 Å². The van der Waals surface area contributed by atoms with Crippen molar-refractivity contribution in [2.24, 2.45) is 0 Å². The molecule has 0 amide bonds. The number of aryl methyl sites for hydroxylation is 1. The van der Waals surface area contributed by atoms with Crippen LogP contribution in [-0.2, 0) is 24.7 Å². The van der Waals surface area contributed by atoms with Gasteiger partial charge in [-0.2, -0.15) is 8.42 Å². The maximum Gasteiger partial charge on any atom is 0.339 e. The number of Topliss-reactive ketones (excluding diaryl/α,β-unsaturated/α-hetero) is 1. The van der Waals surface area contributed by atoms with Crippen LogP contribution in [-0.4, -0.2) is 41.6 Å². The van der Waals surface area contributed by atoms with Crippen LogP contribution in [0.1, 0.15) is 18.9 Å². The summed E-state index contributed by atoms with van der Waals surface area (Å²) in [6, 6.07) is 11.1. The summed E-state index contributed by atoms with van der Waals surface area (Å²) in [4.78, 5) is 13.3. The van der Waals surface area contributed by atoms with Gasteiger partial charge in [0.15, 0.2) is 5.78 Å². The monoisotopic (exact) mass is 437 g/mol.